The zero-order valence-electron chi connectivity index (χ0n) is 14.6. The highest BCUT2D eigenvalue weighted by molar-refractivity contribution is 5.95. The van der Waals surface area contributed by atoms with Crippen molar-refractivity contribution < 1.29 is 9.59 Å². The molecule has 2 heterocycles. The molecule has 6 heteroatoms. The molecule has 0 aliphatic heterocycles. The molecule has 0 unspecified atom stereocenters. The van der Waals surface area contributed by atoms with Gasteiger partial charge < -0.3 is 10.2 Å². The first-order valence-corrected chi connectivity index (χ1v) is 7.85. The van der Waals surface area contributed by atoms with E-state index in [2.05, 4.69) is 27.1 Å². The van der Waals surface area contributed by atoms with Crippen molar-refractivity contribution in [1.82, 2.24) is 20.2 Å². The zero-order valence-corrected chi connectivity index (χ0v) is 14.6. The third-order valence-electron chi connectivity index (χ3n) is 3.86. The molecule has 2 aromatic heterocycles. The monoisotopic (exact) mass is 346 g/mol. The number of likely N-dealkylation sites (N-methyl/N-ethyl adjacent to an activating group) is 1. The van der Waals surface area contributed by atoms with E-state index in [1.807, 2.05) is 6.92 Å². The van der Waals surface area contributed by atoms with Crippen LogP contribution in [0.5, 0.6) is 0 Å². The molecule has 2 amide bonds. The van der Waals surface area contributed by atoms with Gasteiger partial charge in [-0.3, -0.25) is 19.6 Å². The molecule has 0 saturated carbocycles. The minimum Gasteiger partial charge on any atom is -0.350 e. The highest BCUT2D eigenvalue weighted by Crippen LogP contribution is 2.08. The largest absolute Gasteiger partial charge is 0.350 e. The highest BCUT2D eigenvalue weighted by Gasteiger charge is 2.19. The maximum atomic E-state index is 12.5. The van der Waals surface area contributed by atoms with Crippen LogP contribution < -0.4 is 5.32 Å². The first-order valence-electron chi connectivity index (χ1n) is 7.85. The summed E-state index contributed by atoms with van der Waals surface area (Å²) in [7, 11) is 1.65. The third-order valence-corrected chi connectivity index (χ3v) is 3.86. The van der Waals surface area contributed by atoms with Crippen molar-refractivity contribution in [3.8, 4) is 24.7 Å². The Kier molecular flexibility index (Phi) is 6.08. The van der Waals surface area contributed by atoms with Gasteiger partial charge in [-0.05, 0) is 19.1 Å². The molecule has 2 rings (SSSR count). The van der Waals surface area contributed by atoms with Crippen molar-refractivity contribution in [1.29, 1.82) is 0 Å². The second-order valence-corrected chi connectivity index (χ2v) is 5.69. The number of amides is 2. The molecule has 0 aromatic carbocycles. The number of hydrogen-bond acceptors (Lipinski definition) is 4. The van der Waals surface area contributed by atoms with Gasteiger partial charge in [0.05, 0.1) is 11.1 Å². The molecule has 0 radical (unpaired) electrons. The molecule has 0 fully saturated rings. The smallest absolute Gasteiger partial charge is 0.255 e. The molecule has 6 nitrogen and oxygen atoms in total. The van der Waals surface area contributed by atoms with Crippen LogP contribution in [0.15, 0.2) is 36.9 Å². The van der Waals surface area contributed by atoms with Crippen LogP contribution >= 0.6 is 0 Å². The molecule has 0 spiro atoms. The second-order valence-electron chi connectivity index (χ2n) is 5.69. The van der Waals surface area contributed by atoms with Crippen molar-refractivity contribution in [2.75, 3.05) is 13.6 Å². The van der Waals surface area contributed by atoms with E-state index >= 15 is 0 Å². The molecule has 0 aliphatic rings. The summed E-state index contributed by atoms with van der Waals surface area (Å²) in [4.78, 5) is 34.2. The van der Waals surface area contributed by atoms with Crippen molar-refractivity contribution in [2.45, 2.75) is 13.0 Å². The Bertz CT molecular complexity index is 909. The van der Waals surface area contributed by atoms with E-state index in [0.717, 1.165) is 0 Å². The zero-order chi connectivity index (χ0) is 19.1. The lowest BCUT2D eigenvalue weighted by Crippen LogP contribution is -2.43. The van der Waals surface area contributed by atoms with Crippen molar-refractivity contribution >= 4 is 11.8 Å². The highest BCUT2D eigenvalue weighted by atomic mass is 16.2. The van der Waals surface area contributed by atoms with E-state index in [-0.39, 0.29) is 24.4 Å². The van der Waals surface area contributed by atoms with E-state index in [9.17, 15) is 9.59 Å². The van der Waals surface area contributed by atoms with Crippen LogP contribution in [-0.4, -0.2) is 46.3 Å². The Labute approximate surface area is 152 Å². The van der Waals surface area contributed by atoms with Gasteiger partial charge in [0.1, 0.15) is 0 Å². The summed E-state index contributed by atoms with van der Waals surface area (Å²) < 4.78 is 0. The molecular formula is C20H18N4O2. The molecule has 1 atom stereocenters. The van der Waals surface area contributed by atoms with Crippen LogP contribution in [0.1, 0.15) is 38.8 Å². The van der Waals surface area contributed by atoms with E-state index < -0.39 is 0 Å². The number of terminal acetylenes is 2. The maximum Gasteiger partial charge on any atom is 0.255 e. The number of carbonyl (C=O) groups is 2. The number of rotatable bonds is 5. The third kappa shape index (κ3) is 4.46. The van der Waals surface area contributed by atoms with Gasteiger partial charge in [0.15, 0.2) is 0 Å². The topological polar surface area (TPSA) is 75.2 Å². The van der Waals surface area contributed by atoms with Crippen molar-refractivity contribution in [3.63, 3.8) is 0 Å². The average molecular weight is 346 g/mol. The first kappa shape index (κ1) is 18.7. The molecule has 1 N–H and O–H groups in total. The lowest BCUT2D eigenvalue weighted by atomic mass is 10.1. The number of pyridine rings is 2. The Balaban J connectivity index is 1.99. The average Bonchev–Trinajstić information content (AvgIpc) is 2.70. The lowest BCUT2D eigenvalue weighted by Gasteiger charge is -2.25. The van der Waals surface area contributed by atoms with Gasteiger partial charge >= 0.3 is 0 Å². The normalized spacial score (nSPS) is 10.9. The van der Waals surface area contributed by atoms with E-state index in [1.165, 1.54) is 29.7 Å². The van der Waals surface area contributed by atoms with Gasteiger partial charge in [0.2, 0.25) is 0 Å². The van der Waals surface area contributed by atoms with Gasteiger partial charge in [-0.15, -0.1) is 12.8 Å². The van der Waals surface area contributed by atoms with Crippen LogP contribution in [0.4, 0.5) is 0 Å². The van der Waals surface area contributed by atoms with Gasteiger partial charge in [0, 0.05) is 55.5 Å². The summed E-state index contributed by atoms with van der Waals surface area (Å²) in [5.41, 5.74) is 1.82. The molecule has 130 valence electrons. The van der Waals surface area contributed by atoms with E-state index in [1.54, 1.807) is 19.2 Å². The fourth-order valence-corrected chi connectivity index (χ4v) is 2.16. The Hall–Kier alpha value is -3.64. The van der Waals surface area contributed by atoms with Gasteiger partial charge in [0.25, 0.3) is 11.8 Å². The molecule has 0 saturated heterocycles. The van der Waals surface area contributed by atoms with Gasteiger partial charge in [-0.2, -0.15) is 0 Å². The fourth-order valence-electron chi connectivity index (χ4n) is 2.16. The summed E-state index contributed by atoms with van der Waals surface area (Å²) in [5, 5.41) is 2.77. The number of aromatic nitrogens is 2. The van der Waals surface area contributed by atoms with Crippen LogP contribution in [-0.2, 0) is 0 Å². The Morgan fingerprint density at radius 1 is 1.08 bits per heavy atom. The lowest BCUT2D eigenvalue weighted by molar-refractivity contribution is 0.0731. The number of nitrogens with one attached hydrogen (secondary N) is 1. The summed E-state index contributed by atoms with van der Waals surface area (Å²) in [6.07, 6.45) is 16.6. The van der Waals surface area contributed by atoms with Crippen LogP contribution in [0.25, 0.3) is 0 Å². The Morgan fingerprint density at radius 2 is 1.62 bits per heavy atom. The van der Waals surface area contributed by atoms with Gasteiger partial charge in [-0.1, -0.05) is 11.8 Å². The Morgan fingerprint density at radius 3 is 2.19 bits per heavy atom. The van der Waals surface area contributed by atoms with E-state index in [0.29, 0.717) is 22.3 Å². The molecule has 2 aromatic rings. The van der Waals surface area contributed by atoms with Crippen LogP contribution in [0, 0.1) is 24.7 Å². The SMILES string of the molecule is C#Cc1cncc(C(=O)NC[C@@H](C)N(C)C(=O)c2cncc(C#C)c2)c1. The number of hydrogen-bond donors (Lipinski definition) is 1. The summed E-state index contributed by atoms with van der Waals surface area (Å²) in [6.45, 7) is 2.09. The number of nitrogens with zero attached hydrogens (tertiary/aromatic N) is 3. The van der Waals surface area contributed by atoms with E-state index in [4.69, 9.17) is 12.8 Å². The quantitative estimate of drug-likeness (QED) is 0.829. The van der Waals surface area contributed by atoms with Crippen LogP contribution in [0.3, 0.4) is 0 Å². The molecular weight excluding hydrogens is 328 g/mol. The fraction of sp³-hybridized carbons (Fsp3) is 0.200. The van der Waals surface area contributed by atoms with Crippen molar-refractivity contribution in [2.24, 2.45) is 0 Å². The maximum absolute atomic E-state index is 12.5. The minimum atomic E-state index is -0.307. The summed E-state index contributed by atoms with van der Waals surface area (Å²) in [6, 6.07) is 2.94. The first-order chi connectivity index (χ1) is 12.5. The summed E-state index contributed by atoms with van der Waals surface area (Å²) >= 11 is 0. The minimum absolute atomic E-state index is 0.229. The van der Waals surface area contributed by atoms with Crippen LogP contribution in [0.2, 0.25) is 0 Å². The number of carbonyl (C=O) groups excluding carboxylic acids is 2. The standard InChI is InChI=1S/C20H18N4O2/c1-5-15-7-17(12-21-10-15)19(25)23-9-14(3)24(4)20(26)18-8-16(6-2)11-22-13-18/h1-2,7-8,10-14H,9H2,3-4H3,(H,23,25)/t14-/m1/s1. The predicted molar refractivity (Wildman–Crippen MR) is 98.2 cm³/mol. The molecule has 0 aliphatic carbocycles. The second kappa shape index (κ2) is 8.46. The summed E-state index contributed by atoms with van der Waals surface area (Å²) in [5.74, 6) is 4.34. The molecule has 26 heavy (non-hydrogen) atoms. The van der Waals surface area contributed by atoms with Gasteiger partial charge in [-0.25, -0.2) is 0 Å². The predicted octanol–water partition coefficient (Wildman–Crippen LogP) is 1.33. The van der Waals surface area contributed by atoms with Crippen molar-refractivity contribution in [3.05, 3.63) is 59.2 Å². The molecule has 0 bridgehead atoms.